The summed E-state index contributed by atoms with van der Waals surface area (Å²) in [6.07, 6.45) is 13.6. The predicted molar refractivity (Wildman–Crippen MR) is 434 cm³/mol. The number of pyridine rings is 6. The molecule has 468 valence electrons. The molecule has 0 atom stereocenters. The molecular formula is C96H54N6. The molecular weight excluding hydrogens is 1240 g/mol. The van der Waals surface area contributed by atoms with Crippen molar-refractivity contribution in [2.75, 3.05) is 0 Å². The molecule has 6 heteroatoms. The van der Waals surface area contributed by atoms with E-state index in [4.69, 9.17) is 0 Å². The zero-order chi connectivity index (χ0) is 65.9. The van der Waals surface area contributed by atoms with Gasteiger partial charge in [-0.05, 0) is 206 Å². The highest BCUT2D eigenvalue weighted by Crippen LogP contribution is 2.52. The van der Waals surface area contributed by atoms with Gasteiger partial charge in [-0.3, -0.25) is 0 Å². The molecule has 0 spiro atoms. The van der Waals surface area contributed by atoms with Crippen LogP contribution in [0.15, 0.2) is 328 Å². The predicted octanol–water partition coefficient (Wildman–Crippen LogP) is 25.6. The minimum atomic E-state index is 1.22. The molecule has 14 aromatic carbocycles. The molecule has 0 bridgehead atoms. The van der Waals surface area contributed by atoms with Crippen LogP contribution in [0.2, 0.25) is 0 Å². The van der Waals surface area contributed by atoms with Gasteiger partial charge in [0.15, 0.2) is 0 Å². The van der Waals surface area contributed by atoms with Crippen LogP contribution in [0.25, 0.3) is 228 Å². The Balaban J connectivity index is 0.000000120. The average Bonchev–Trinajstić information content (AvgIpc) is 1.19. The highest BCUT2D eigenvalue weighted by atomic mass is 15.0. The Labute approximate surface area is 578 Å². The molecule has 0 radical (unpaired) electrons. The quantitative estimate of drug-likeness (QED) is 0.107. The van der Waals surface area contributed by atoms with E-state index in [0.717, 1.165) is 0 Å². The summed E-state index contributed by atoms with van der Waals surface area (Å²) in [4.78, 5) is 0. The van der Waals surface area contributed by atoms with E-state index < -0.39 is 0 Å². The molecule has 6 nitrogen and oxygen atoms in total. The van der Waals surface area contributed by atoms with Crippen LogP contribution in [0.5, 0.6) is 0 Å². The first kappa shape index (κ1) is 53.4. The summed E-state index contributed by atoms with van der Waals surface area (Å²) in [5.74, 6) is 0. The molecule has 0 fully saturated rings. The van der Waals surface area contributed by atoms with Crippen molar-refractivity contribution in [3.05, 3.63) is 328 Å². The molecule has 12 aromatic heterocycles. The molecule has 12 heterocycles. The lowest BCUT2D eigenvalue weighted by molar-refractivity contribution is 1.26. The Morgan fingerprint density at radius 2 is 0.333 bits per heavy atom. The Morgan fingerprint density at radius 1 is 0.127 bits per heavy atom. The van der Waals surface area contributed by atoms with E-state index in [2.05, 4.69) is 355 Å². The van der Waals surface area contributed by atoms with E-state index in [0.29, 0.717) is 0 Å². The second-order valence-electron chi connectivity index (χ2n) is 28.3. The van der Waals surface area contributed by atoms with E-state index in [1.807, 2.05) is 0 Å². The van der Waals surface area contributed by atoms with Crippen LogP contribution in [-0.2, 0) is 0 Å². The molecule has 26 rings (SSSR count). The SMILES string of the molecule is c1ccc2c(c1)ccc1c2c2cccn2c2c3c4ccc5ccccc5c4c4cccn4c3c3c4ccc5ccccc5c4c4cccn4c3c12.c1ccc2cc3c(cc2c1)c1c(c2c4cc5ccccc5cc4c4cccn4c2c2c4cc5ccccc5cc4c4cccn4c12)n1cccc31. The molecule has 0 amide bonds. The standard InChI is InChI=1S/2C48H27N3/c1-4-13-31-28(10-1)19-22-34-40(31)37-16-7-25-49(37)46-43(34)47-45(36-24-21-30-12-3-6-15-33(30)42(36)38-17-8-26-50(38)47)48-44(46)35-23-20-29-11-2-5-14-32(29)41(35)39-18-9-27-51(39)48;1-4-13-31-25-37-34(22-28(31)10-1)40-16-7-19-49(40)46-43(37)47-45(39-27-33-15-6-3-12-30(33)24-36(39)41-17-8-20-50(41)47)48-44(46)38-26-32-14-5-2-11-29(32)23-35(38)42-18-9-21-51(42)48/h2*1-27H. The van der Waals surface area contributed by atoms with E-state index in [-0.39, 0.29) is 0 Å². The van der Waals surface area contributed by atoms with Crippen molar-refractivity contribution in [3.8, 4) is 0 Å². The van der Waals surface area contributed by atoms with Gasteiger partial charge in [0, 0.05) is 102 Å². The van der Waals surface area contributed by atoms with Crippen molar-refractivity contribution in [1.29, 1.82) is 0 Å². The minimum absolute atomic E-state index is 1.22. The number of fused-ring (bicyclic) bond motifs is 51. The lowest BCUT2D eigenvalue weighted by Gasteiger charge is -2.22. The summed E-state index contributed by atoms with van der Waals surface area (Å²) in [5, 5.41) is 38.1. The van der Waals surface area contributed by atoms with Crippen LogP contribution >= 0.6 is 0 Å². The lowest BCUT2D eigenvalue weighted by atomic mass is 9.90. The summed E-state index contributed by atoms with van der Waals surface area (Å²) in [5.41, 5.74) is 14.8. The van der Waals surface area contributed by atoms with E-state index >= 15 is 0 Å². The number of rotatable bonds is 0. The van der Waals surface area contributed by atoms with E-state index in [9.17, 15) is 0 Å². The van der Waals surface area contributed by atoms with Gasteiger partial charge in [-0.1, -0.05) is 182 Å². The average molecular weight is 1290 g/mol. The van der Waals surface area contributed by atoms with Crippen LogP contribution < -0.4 is 0 Å². The Kier molecular flexibility index (Phi) is 10.0. The summed E-state index contributed by atoms with van der Waals surface area (Å²) >= 11 is 0. The fourth-order valence-corrected chi connectivity index (χ4v) is 19.4. The van der Waals surface area contributed by atoms with Crippen LogP contribution in [0.3, 0.4) is 0 Å². The van der Waals surface area contributed by atoms with E-state index in [1.165, 1.54) is 228 Å². The maximum atomic E-state index is 2.48. The van der Waals surface area contributed by atoms with Crippen molar-refractivity contribution in [2.45, 2.75) is 0 Å². The molecule has 0 saturated carbocycles. The van der Waals surface area contributed by atoms with Crippen LogP contribution in [0.4, 0.5) is 0 Å². The summed E-state index contributed by atoms with van der Waals surface area (Å²) in [6.45, 7) is 0. The number of aromatic nitrogens is 6. The van der Waals surface area contributed by atoms with Gasteiger partial charge >= 0.3 is 0 Å². The van der Waals surface area contributed by atoms with Crippen molar-refractivity contribution < 1.29 is 0 Å². The molecule has 0 aliphatic heterocycles. The minimum Gasteiger partial charge on any atom is -0.315 e. The normalized spacial score (nSPS) is 12.7. The van der Waals surface area contributed by atoms with Gasteiger partial charge in [0.05, 0.1) is 66.2 Å². The maximum absolute atomic E-state index is 2.48. The molecule has 0 N–H and O–H groups in total. The van der Waals surface area contributed by atoms with Gasteiger partial charge in [-0.2, -0.15) is 0 Å². The number of benzene rings is 14. The summed E-state index contributed by atoms with van der Waals surface area (Å²) in [7, 11) is 0. The molecule has 0 unspecified atom stereocenters. The highest BCUT2D eigenvalue weighted by molar-refractivity contribution is 6.44. The lowest BCUT2D eigenvalue weighted by Crippen LogP contribution is -2.01. The number of hydrogen-bond acceptors (Lipinski definition) is 0. The summed E-state index contributed by atoms with van der Waals surface area (Å²) < 4.78 is 14.9. The fraction of sp³-hybridized carbons (Fsp3) is 0. The zero-order valence-corrected chi connectivity index (χ0v) is 54.9. The molecule has 0 saturated heterocycles. The largest absolute Gasteiger partial charge is 0.315 e. The Morgan fingerprint density at radius 3 is 0.598 bits per heavy atom. The fourth-order valence-electron chi connectivity index (χ4n) is 19.4. The van der Waals surface area contributed by atoms with Crippen LogP contribution in [0.1, 0.15) is 0 Å². The third-order valence-electron chi connectivity index (χ3n) is 23.4. The molecule has 102 heavy (non-hydrogen) atoms. The van der Waals surface area contributed by atoms with Gasteiger partial charge in [0.2, 0.25) is 0 Å². The first-order chi connectivity index (χ1) is 50.6. The van der Waals surface area contributed by atoms with Crippen LogP contribution in [0, 0.1) is 0 Å². The number of hydrogen-bond donors (Lipinski definition) is 0. The topological polar surface area (TPSA) is 26.5 Å². The van der Waals surface area contributed by atoms with Gasteiger partial charge in [-0.25, -0.2) is 0 Å². The van der Waals surface area contributed by atoms with Gasteiger partial charge in [-0.15, -0.1) is 0 Å². The maximum Gasteiger partial charge on any atom is 0.0655 e. The zero-order valence-electron chi connectivity index (χ0n) is 54.9. The molecule has 0 aliphatic rings. The molecule has 26 aromatic rings. The number of nitrogens with zero attached hydrogens (tertiary/aromatic N) is 6. The van der Waals surface area contributed by atoms with Crippen LogP contribution in [-0.4, -0.2) is 26.4 Å². The first-order valence-electron chi connectivity index (χ1n) is 35.4. The second kappa shape index (κ2) is 19.2. The van der Waals surface area contributed by atoms with Gasteiger partial charge in [0.1, 0.15) is 0 Å². The van der Waals surface area contributed by atoms with Gasteiger partial charge < -0.3 is 26.4 Å². The van der Waals surface area contributed by atoms with Crippen molar-refractivity contribution >= 4 is 228 Å². The van der Waals surface area contributed by atoms with E-state index in [1.54, 1.807) is 0 Å². The third kappa shape index (κ3) is 6.65. The summed E-state index contributed by atoms with van der Waals surface area (Å²) in [6, 6.07) is 109. The third-order valence-corrected chi connectivity index (χ3v) is 23.4. The highest BCUT2D eigenvalue weighted by Gasteiger charge is 2.28. The first-order valence-corrected chi connectivity index (χ1v) is 35.4. The van der Waals surface area contributed by atoms with Crippen molar-refractivity contribution in [2.24, 2.45) is 0 Å². The van der Waals surface area contributed by atoms with Crippen molar-refractivity contribution in [1.82, 2.24) is 26.4 Å². The Bertz CT molecular complexity index is 7480. The monoisotopic (exact) mass is 1290 g/mol. The Hall–Kier alpha value is -13.7. The second-order valence-corrected chi connectivity index (χ2v) is 28.3. The van der Waals surface area contributed by atoms with Crippen molar-refractivity contribution in [3.63, 3.8) is 0 Å². The smallest absolute Gasteiger partial charge is 0.0655 e. The molecule has 0 aliphatic carbocycles. The van der Waals surface area contributed by atoms with Gasteiger partial charge in [0.25, 0.3) is 0 Å².